The predicted molar refractivity (Wildman–Crippen MR) is 82.3 cm³/mol. The molecule has 0 atom stereocenters. The number of hydrogen-bond donors (Lipinski definition) is 0. The number of aromatic nitrogens is 2. The zero-order chi connectivity index (χ0) is 15.7. The molecule has 3 rings (SSSR count). The van der Waals surface area contributed by atoms with Gasteiger partial charge in [0, 0.05) is 23.2 Å². The van der Waals surface area contributed by atoms with Gasteiger partial charge in [0.1, 0.15) is 11.6 Å². The van der Waals surface area contributed by atoms with Gasteiger partial charge in [0.25, 0.3) is 0 Å². The molecule has 1 aliphatic carbocycles. The Bertz CT molecular complexity index is 729. The van der Waals surface area contributed by atoms with Gasteiger partial charge in [-0.3, -0.25) is 0 Å². The predicted octanol–water partition coefficient (Wildman–Crippen LogP) is 3.47. The smallest absolute Gasteiger partial charge is 0.357 e. The summed E-state index contributed by atoms with van der Waals surface area (Å²) in [6, 6.07) is 5.29. The van der Waals surface area contributed by atoms with Crippen LogP contribution in [0.1, 0.15) is 35.1 Å². The molecule has 1 heterocycles. The minimum Gasteiger partial charge on any atom is -0.496 e. The lowest BCUT2D eigenvalue weighted by molar-refractivity contribution is 0.0594. The Kier molecular flexibility index (Phi) is 3.98. The van der Waals surface area contributed by atoms with Crippen LogP contribution >= 0.6 is 11.6 Å². The molecule has 6 heteroatoms. The first-order chi connectivity index (χ1) is 10.7. The van der Waals surface area contributed by atoms with Crippen LogP contribution in [0.5, 0.6) is 5.75 Å². The molecular formula is C16H15ClN2O3. The Labute approximate surface area is 133 Å². The number of methoxy groups -OCH3 is 2. The van der Waals surface area contributed by atoms with E-state index in [0.29, 0.717) is 33.6 Å². The summed E-state index contributed by atoms with van der Waals surface area (Å²) in [5.41, 5.74) is 1.32. The summed E-state index contributed by atoms with van der Waals surface area (Å²) in [6.07, 6.45) is 3.72. The van der Waals surface area contributed by atoms with Crippen LogP contribution in [0.3, 0.4) is 0 Å². The number of hydrogen-bond acceptors (Lipinski definition) is 5. The quantitative estimate of drug-likeness (QED) is 0.808. The fourth-order valence-electron chi connectivity index (χ4n) is 2.30. The van der Waals surface area contributed by atoms with Crippen molar-refractivity contribution in [2.45, 2.75) is 18.8 Å². The van der Waals surface area contributed by atoms with E-state index >= 15 is 0 Å². The minimum atomic E-state index is -0.513. The molecule has 0 N–H and O–H groups in total. The third-order valence-corrected chi connectivity index (χ3v) is 3.91. The number of nitrogens with zero attached hydrogens (tertiary/aromatic N) is 2. The van der Waals surface area contributed by atoms with Gasteiger partial charge in [0.2, 0.25) is 0 Å². The molecule has 0 saturated heterocycles. The first-order valence-corrected chi connectivity index (χ1v) is 7.31. The third kappa shape index (κ3) is 2.64. The van der Waals surface area contributed by atoms with Crippen molar-refractivity contribution in [2.75, 3.05) is 14.2 Å². The number of ether oxygens (including phenoxy) is 2. The van der Waals surface area contributed by atoms with E-state index in [1.807, 2.05) is 0 Å². The first kappa shape index (κ1) is 14.8. The number of carbonyl (C=O) groups is 1. The molecule has 1 aromatic heterocycles. The Morgan fingerprint density at radius 1 is 1.32 bits per heavy atom. The van der Waals surface area contributed by atoms with Crippen LogP contribution in [0, 0.1) is 0 Å². The highest BCUT2D eigenvalue weighted by molar-refractivity contribution is 6.34. The summed E-state index contributed by atoms with van der Waals surface area (Å²) >= 11 is 6.29. The maximum absolute atomic E-state index is 12.1. The van der Waals surface area contributed by atoms with Gasteiger partial charge >= 0.3 is 5.97 Å². The van der Waals surface area contributed by atoms with Crippen LogP contribution < -0.4 is 4.74 Å². The van der Waals surface area contributed by atoms with E-state index in [4.69, 9.17) is 21.1 Å². The molecular weight excluding hydrogens is 304 g/mol. The van der Waals surface area contributed by atoms with Crippen molar-refractivity contribution in [1.29, 1.82) is 0 Å². The average molecular weight is 319 g/mol. The molecule has 22 heavy (non-hydrogen) atoms. The Hall–Kier alpha value is -2.14. The van der Waals surface area contributed by atoms with E-state index in [2.05, 4.69) is 9.97 Å². The van der Waals surface area contributed by atoms with Gasteiger partial charge in [0.15, 0.2) is 5.69 Å². The number of rotatable bonds is 4. The van der Waals surface area contributed by atoms with Gasteiger partial charge in [-0.05, 0) is 25.0 Å². The van der Waals surface area contributed by atoms with Crippen molar-refractivity contribution in [3.05, 3.63) is 40.9 Å². The maximum Gasteiger partial charge on any atom is 0.357 e. The zero-order valence-corrected chi connectivity index (χ0v) is 13.1. The van der Waals surface area contributed by atoms with Gasteiger partial charge in [-0.25, -0.2) is 14.8 Å². The lowest BCUT2D eigenvalue weighted by Gasteiger charge is -2.13. The third-order valence-electron chi connectivity index (χ3n) is 3.59. The largest absolute Gasteiger partial charge is 0.496 e. The molecule has 1 aromatic carbocycles. The molecule has 0 radical (unpaired) electrons. The summed E-state index contributed by atoms with van der Waals surface area (Å²) in [7, 11) is 2.88. The second-order valence-corrected chi connectivity index (χ2v) is 5.48. The summed E-state index contributed by atoms with van der Waals surface area (Å²) in [5.74, 6) is 1.06. The van der Waals surface area contributed by atoms with E-state index in [-0.39, 0.29) is 5.69 Å². The van der Waals surface area contributed by atoms with Gasteiger partial charge in [-0.1, -0.05) is 17.7 Å². The number of esters is 1. The van der Waals surface area contributed by atoms with E-state index in [9.17, 15) is 4.79 Å². The second-order valence-electron chi connectivity index (χ2n) is 5.07. The van der Waals surface area contributed by atoms with Crippen molar-refractivity contribution in [2.24, 2.45) is 0 Å². The highest BCUT2D eigenvalue weighted by Gasteiger charge is 2.29. The van der Waals surface area contributed by atoms with Crippen molar-refractivity contribution >= 4 is 17.6 Å². The first-order valence-electron chi connectivity index (χ1n) is 6.93. The van der Waals surface area contributed by atoms with Crippen LogP contribution in [-0.2, 0) is 4.74 Å². The van der Waals surface area contributed by atoms with E-state index in [1.54, 1.807) is 31.5 Å². The summed E-state index contributed by atoms with van der Waals surface area (Å²) < 4.78 is 10.2. The SMILES string of the molecule is COC(=O)c1nc(C2CC2)ncc1-c1c(Cl)cccc1OC. The molecule has 114 valence electrons. The molecule has 1 aliphatic rings. The van der Waals surface area contributed by atoms with Crippen molar-refractivity contribution in [1.82, 2.24) is 9.97 Å². The highest BCUT2D eigenvalue weighted by atomic mass is 35.5. The molecule has 0 aliphatic heterocycles. The summed E-state index contributed by atoms with van der Waals surface area (Å²) in [4.78, 5) is 20.9. The van der Waals surface area contributed by atoms with Gasteiger partial charge in [-0.15, -0.1) is 0 Å². The average Bonchev–Trinajstić information content (AvgIpc) is 3.38. The van der Waals surface area contributed by atoms with Crippen LogP contribution in [-0.4, -0.2) is 30.2 Å². The highest BCUT2D eigenvalue weighted by Crippen LogP contribution is 2.41. The standard InChI is InChI=1S/C16H15ClN2O3/c1-21-12-5-3-4-11(17)13(12)10-8-18-15(9-6-7-9)19-14(10)16(20)22-2/h3-5,8-9H,6-7H2,1-2H3. The molecule has 1 fully saturated rings. The van der Waals surface area contributed by atoms with Gasteiger partial charge in [-0.2, -0.15) is 0 Å². The fraction of sp³-hybridized carbons (Fsp3) is 0.312. The Balaban J connectivity index is 2.20. The van der Waals surface area contributed by atoms with Crippen molar-refractivity contribution in [3.8, 4) is 16.9 Å². The number of carbonyl (C=O) groups excluding carboxylic acids is 1. The molecule has 0 bridgehead atoms. The molecule has 0 spiro atoms. The summed E-state index contributed by atoms with van der Waals surface area (Å²) in [5, 5.41) is 0.465. The van der Waals surface area contributed by atoms with Crippen molar-refractivity contribution < 1.29 is 14.3 Å². The lowest BCUT2D eigenvalue weighted by atomic mass is 10.0. The van der Waals surface area contributed by atoms with Crippen LogP contribution in [0.25, 0.3) is 11.1 Å². The van der Waals surface area contributed by atoms with E-state index in [0.717, 1.165) is 12.8 Å². The molecule has 1 saturated carbocycles. The van der Waals surface area contributed by atoms with Crippen LogP contribution in [0.15, 0.2) is 24.4 Å². The topological polar surface area (TPSA) is 61.3 Å². The second kappa shape index (κ2) is 5.93. The number of benzene rings is 1. The molecule has 0 amide bonds. The zero-order valence-electron chi connectivity index (χ0n) is 12.3. The summed E-state index contributed by atoms with van der Waals surface area (Å²) in [6.45, 7) is 0. The Morgan fingerprint density at radius 2 is 2.09 bits per heavy atom. The molecule has 0 unspecified atom stereocenters. The number of halogens is 1. The van der Waals surface area contributed by atoms with E-state index in [1.165, 1.54) is 7.11 Å². The van der Waals surface area contributed by atoms with E-state index < -0.39 is 5.97 Å². The van der Waals surface area contributed by atoms with Crippen LogP contribution in [0.4, 0.5) is 0 Å². The fourth-order valence-corrected chi connectivity index (χ4v) is 2.57. The maximum atomic E-state index is 12.1. The van der Waals surface area contributed by atoms with Crippen LogP contribution in [0.2, 0.25) is 5.02 Å². The van der Waals surface area contributed by atoms with Gasteiger partial charge in [0.05, 0.1) is 19.2 Å². The molecule has 2 aromatic rings. The monoisotopic (exact) mass is 318 g/mol. The lowest BCUT2D eigenvalue weighted by Crippen LogP contribution is -2.10. The van der Waals surface area contributed by atoms with Crippen molar-refractivity contribution in [3.63, 3.8) is 0 Å². The molecule has 5 nitrogen and oxygen atoms in total. The normalized spacial score (nSPS) is 13.8. The van der Waals surface area contributed by atoms with Gasteiger partial charge < -0.3 is 9.47 Å². The minimum absolute atomic E-state index is 0.214. The Morgan fingerprint density at radius 3 is 2.73 bits per heavy atom.